The first-order valence-corrected chi connectivity index (χ1v) is 8.19. The number of fused-ring (bicyclic) bond motifs is 1. The maximum Gasteiger partial charge on any atom is 0.311 e. The third-order valence-electron chi connectivity index (χ3n) is 4.04. The molecule has 0 amide bonds. The zero-order valence-corrected chi connectivity index (χ0v) is 14.1. The highest BCUT2D eigenvalue weighted by atomic mass is 35.5. The molecule has 0 aliphatic carbocycles. The van der Waals surface area contributed by atoms with Crippen LogP contribution in [0.4, 0.5) is 4.39 Å². The van der Waals surface area contributed by atoms with Gasteiger partial charge < -0.3 is 14.3 Å². The molecule has 3 rings (SSSR count). The van der Waals surface area contributed by atoms with Crippen molar-refractivity contribution in [3.63, 3.8) is 0 Å². The van der Waals surface area contributed by atoms with Gasteiger partial charge in [0.1, 0.15) is 5.82 Å². The SMILES string of the molecule is CCOC(=O)Cc1[nH]c(=S)n2c1C[C@H](c1cc(Cl)ccc1F)C2. The molecule has 7 heteroatoms. The van der Waals surface area contributed by atoms with E-state index in [-0.39, 0.29) is 24.1 Å². The largest absolute Gasteiger partial charge is 0.466 e. The molecule has 0 fully saturated rings. The summed E-state index contributed by atoms with van der Waals surface area (Å²) in [6, 6.07) is 4.57. The zero-order chi connectivity index (χ0) is 16.6. The molecule has 0 unspecified atom stereocenters. The van der Waals surface area contributed by atoms with Gasteiger partial charge in [-0.05, 0) is 49.3 Å². The van der Waals surface area contributed by atoms with E-state index in [1.807, 2.05) is 4.57 Å². The molecular weight excluding hydrogens is 339 g/mol. The summed E-state index contributed by atoms with van der Waals surface area (Å²) >= 11 is 11.3. The number of imidazole rings is 1. The highest BCUT2D eigenvalue weighted by Crippen LogP contribution is 2.34. The molecule has 0 saturated carbocycles. The molecule has 4 nitrogen and oxygen atoms in total. The number of nitrogens with one attached hydrogen (secondary N) is 1. The fourth-order valence-corrected chi connectivity index (χ4v) is 3.53. The second-order valence-electron chi connectivity index (χ2n) is 5.51. The highest BCUT2D eigenvalue weighted by Gasteiger charge is 2.29. The van der Waals surface area contributed by atoms with Gasteiger partial charge in [0.15, 0.2) is 4.77 Å². The number of benzene rings is 1. The maximum atomic E-state index is 14.1. The van der Waals surface area contributed by atoms with Gasteiger partial charge in [-0.1, -0.05) is 11.6 Å². The van der Waals surface area contributed by atoms with Crippen molar-refractivity contribution in [2.24, 2.45) is 0 Å². The lowest BCUT2D eigenvalue weighted by atomic mass is 9.96. The Balaban J connectivity index is 1.88. The van der Waals surface area contributed by atoms with E-state index in [1.54, 1.807) is 13.0 Å². The fraction of sp³-hybridized carbons (Fsp3) is 0.375. The minimum absolute atomic E-state index is 0.0408. The van der Waals surface area contributed by atoms with E-state index in [1.165, 1.54) is 12.1 Å². The van der Waals surface area contributed by atoms with Crippen molar-refractivity contribution >= 4 is 29.8 Å². The molecule has 1 aromatic heterocycles. The van der Waals surface area contributed by atoms with Gasteiger partial charge >= 0.3 is 5.97 Å². The van der Waals surface area contributed by atoms with Gasteiger partial charge in [0, 0.05) is 28.9 Å². The first kappa shape index (κ1) is 16.2. The molecule has 0 saturated heterocycles. The quantitative estimate of drug-likeness (QED) is 0.671. The molecule has 2 heterocycles. The number of rotatable bonds is 4. The van der Waals surface area contributed by atoms with Crippen LogP contribution in [0.1, 0.15) is 29.8 Å². The van der Waals surface area contributed by atoms with Crippen LogP contribution < -0.4 is 0 Å². The molecule has 1 aliphatic heterocycles. The second-order valence-corrected chi connectivity index (χ2v) is 6.34. The summed E-state index contributed by atoms with van der Waals surface area (Å²) in [4.78, 5) is 14.8. The molecule has 1 aliphatic rings. The smallest absolute Gasteiger partial charge is 0.311 e. The number of ether oxygens (including phenoxy) is 1. The molecule has 1 aromatic carbocycles. The lowest BCUT2D eigenvalue weighted by molar-refractivity contribution is -0.142. The number of hydrogen-bond donors (Lipinski definition) is 1. The molecule has 122 valence electrons. The third kappa shape index (κ3) is 3.19. The average molecular weight is 355 g/mol. The van der Waals surface area contributed by atoms with Crippen LogP contribution >= 0.6 is 23.8 Å². The third-order valence-corrected chi connectivity index (χ3v) is 4.60. The first-order valence-electron chi connectivity index (χ1n) is 7.40. The molecule has 0 spiro atoms. The Labute approximate surface area is 143 Å². The molecule has 1 N–H and O–H groups in total. The Morgan fingerprint density at radius 3 is 3.09 bits per heavy atom. The number of nitrogens with zero attached hydrogens (tertiary/aromatic N) is 1. The van der Waals surface area contributed by atoms with Crippen LogP contribution in [0.25, 0.3) is 0 Å². The number of esters is 1. The van der Waals surface area contributed by atoms with Crippen LogP contribution in [0, 0.1) is 10.6 Å². The standard InChI is InChI=1S/C16H16ClFN2O2S/c1-2-22-15(21)7-13-14-5-9(8-20(14)16(23)19-13)11-6-10(17)3-4-12(11)18/h3-4,6,9H,2,5,7-8H2,1H3,(H,19,23)/t9-/m0/s1. The monoisotopic (exact) mass is 354 g/mol. The summed E-state index contributed by atoms with van der Waals surface area (Å²) in [6.07, 6.45) is 0.754. The lowest BCUT2D eigenvalue weighted by Gasteiger charge is -2.11. The van der Waals surface area contributed by atoms with Gasteiger partial charge in [0.25, 0.3) is 0 Å². The van der Waals surface area contributed by atoms with Gasteiger partial charge in [-0.2, -0.15) is 0 Å². The molecule has 0 radical (unpaired) electrons. The van der Waals surface area contributed by atoms with Gasteiger partial charge in [-0.3, -0.25) is 4.79 Å². The number of aromatic nitrogens is 2. The van der Waals surface area contributed by atoms with Crippen molar-refractivity contribution < 1.29 is 13.9 Å². The number of hydrogen-bond acceptors (Lipinski definition) is 3. The number of carbonyl (C=O) groups excluding carboxylic acids is 1. The summed E-state index contributed by atoms with van der Waals surface area (Å²) in [5, 5.41) is 0.509. The van der Waals surface area contributed by atoms with E-state index < -0.39 is 0 Å². The minimum Gasteiger partial charge on any atom is -0.466 e. The Kier molecular flexibility index (Phi) is 4.55. The van der Waals surface area contributed by atoms with E-state index in [2.05, 4.69) is 4.98 Å². The summed E-state index contributed by atoms with van der Waals surface area (Å²) in [7, 11) is 0. The topological polar surface area (TPSA) is 47.0 Å². The number of halogens is 2. The van der Waals surface area contributed by atoms with Crippen molar-refractivity contribution in [1.82, 2.24) is 9.55 Å². The Morgan fingerprint density at radius 2 is 2.35 bits per heavy atom. The molecule has 0 bridgehead atoms. The van der Waals surface area contributed by atoms with Crippen molar-refractivity contribution in [1.29, 1.82) is 0 Å². The maximum absolute atomic E-state index is 14.1. The van der Waals surface area contributed by atoms with Crippen molar-refractivity contribution in [3.8, 4) is 0 Å². The van der Waals surface area contributed by atoms with E-state index in [4.69, 9.17) is 28.6 Å². The average Bonchev–Trinajstić information content (AvgIpc) is 3.04. The molecule has 1 atom stereocenters. The predicted molar refractivity (Wildman–Crippen MR) is 87.8 cm³/mol. The summed E-state index contributed by atoms with van der Waals surface area (Å²) in [5.41, 5.74) is 2.27. The summed E-state index contributed by atoms with van der Waals surface area (Å²) < 4.78 is 21.5. The van der Waals surface area contributed by atoms with Gasteiger partial charge in [-0.25, -0.2) is 4.39 Å². The lowest BCUT2D eigenvalue weighted by Crippen LogP contribution is -2.09. The van der Waals surface area contributed by atoms with Gasteiger partial charge in [-0.15, -0.1) is 0 Å². The Bertz CT molecular complexity index is 815. The Hall–Kier alpha value is -1.66. The molecule has 23 heavy (non-hydrogen) atoms. The van der Waals surface area contributed by atoms with E-state index in [0.717, 1.165) is 11.4 Å². The highest BCUT2D eigenvalue weighted by molar-refractivity contribution is 7.71. The van der Waals surface area contributed by atoms with Gasteiger partial charge in [0.2, 0.25) is 0 Å². The number of carbonyl (C=O) groups is 1. The van der Waals surface area contributed by atoms with Crippen LogP contribution in [-0.4, -0.2) is 22.1 Å². The van der Waals surface area contributed by atoms with E-state index in [0.29, 0.717) is 34.9 Å². The fourth-order valence-electron chi connectivity index (χ4n) is 3.04. The minimum atomic E-state index is -0.301. The van der Waals surface area contributed by atoms with E-state index >= 15 is 0 Å². The second kappa shape index (κ2) is 6.45. The van der Waals surface area contributed by atoms with Gasteiger partial charge in [0.05, 0.1) is 13.0 Å². The summed E-state index contributed by atoms with van der Waals surface area (Å²) in [6.45, 7) is 2.68. The number of H-pyrrole nitrogens is 1. The summed E-state index contributed by atoms with van der Waals surface area (Å²) in [5.74, 6) is -0.613. The molecule has 2 aromatic rings. The van der Waals surface area contributed by atoms with Crippen LogP contribution in [0.5, 0.6) is 0 Å². The first-order chi connectivity index (χ1) is 11.0. The van der Waals surface area contributed by atoms with Crippen molar-refractivity contribution in [3.05, 3.63) is 50.8 Å². The molecular formula is C16H16ClFN2O2S. The zero-order valence-electron chi connectivity index (χ0n) is 12.6. The van der Waals surface area contributed by atoms with Crippen LogP contribution in [0.2, 0.25) is 5.02 Å². The normalized spacial score (nSPS) is 16.4. The van der Waals surface area contributed by atoms with Crippen molar-refractivity contribution in [2.75, 3.05) is 6.61 Å². The van der Waals surface area contributed by atoms with Crippen molar-refractivity contribution in [2.45, 2.75) is 32.2 Å². The number of aromatic amines is 1. The van der Waals surface area contributed by atoms with Crippen LogP contribution in [-0.2, 0) is 28.9 Å². The Morgan fingerprint density at radius 1 is 1.57 bits per heavy atom. The van der Waals surface area contributed by atoms with Crippen LogP contribution in [0.15, 0.2) is 18.2 Å². The predicted octanol–water partition coefficient (Wildman–Crippen LogP) is 3.78. The van der Waals surface area contributed by atoms with Crippen LogP contribution in [0.3, 0.4) is 0 Å². The van der Waals surface area contributed by atoms with E-state index in [9.17, 15) is 9.18 Å².